The summed E-state index contributed by atoms with van der Waals surface area (Å²) in [7, 11) is 1.92. The maximum absolute atomic E-state index is 11.3. The Morgan fingerprint density at radius 3 is 2.94 bits per heavy atom. The van der Waals surface area contributed by atoms with Gasteiger partial charge in [-0.1, -0.05) is 0 Å². The van der Waals surface area contributed by atoms with Crippen LogP contribution < -0.4 is 5.32 Å². The van der Waals surface area contributed by atoms with Gasteiger partial charge in [-0.25, -0.2) is 4.79 Å². The first-order valence-corrected chi connectivity index (χ1v) is 5.46. The van der Waals surface area contributed by atoms with Crippen LogP contribution >= 0.6 is 0 Å². The zero-order valence-electron chi connectivity index (χ0n) is 9.68. The second-order valence-corrected chi connectivity index (χ2v) is 4.02. The predicted octanol–water partition coefficient (Wildman–Crippen LogP) is 0.263. The summed E-state index contributed by atoms with van der Waals surface area (Å²) in [6.45, 7) is 1.80. The van der Waals surface area contributed by atoms with Crippen molar-refractivity contribution in [3.8, 4) is 0 Å². The van der Waals surface area contributed by atoms with Crippen LogP contribution in [0.1, 0.15) is 5.76 Å². The summed E-state index contributed by atoms with van der Waals surface area (Å²) in [6, 6.07) is 3.42. The highest BCUT2D eigenvalue weighted by Gasteiger charge is 2.27. The molecule has 0 saturated carbocycles. The summed E-state index contributed by atoms with van der Waals surface area (Å²) in [6.07, 6.45) is 1.63. The Morgan fingerprint density at radius 2 is 2.35 bits per heavy atom. The summed E-state index contributed by atoms with van der Waals surface area (Å²) in [5.41, 5.74) is 0. The van der Waals surface area contributed by atoms with Gasteiger partial charge in [0.2, 0.25) is 5.91 Å². The zero-order valence-corrected chi connectivity index (χ0v) is 9.68. The van der Waals surface area contributed by atoms with Crippen molar-refractivity contribution in [1.82, 2.24) is 15.1 Å². The van der Waals surface area contributed by atoms with Crippen LogP contribution in [0.5, 0.6) is 0 Å². The highest BCUT2D eigenvalue weighted by Crippen LogP contribution is 2.04. The molecule has 1 aliphatic rings. The van der Waals surface area contributed by atoms with E-state index in [0.717, 1.165) is 5.76 Å². The van der Waals surface area contributed by atoms with Crippen molar-refractivity contribution >= 4 is 11.9 Å². The van der Waals surface area contributed by atoms with Crippen molar-refractivity contribution in [2.75, 3.05) is 26.7 Å². The van der Waals surface area contributed by atoms with Crippen LogP contribution in [-0.4, -0.2) is 48.4 Å². The van der Waals surface area contributed by atoms with Crippen molar-refractivity contribution in [3.05, 3.63) is 24.2 Å². The number of carbonyl (C=O) groups is 2. The fraction of sp³-hybridized carbons (Fsp3) is 0.455. The molecule has 0 atom stereocenters. The lowest BCUT2D eigenvalue weighted by atomic mass is 10.4. The van der Waals surface area contributed by atoms with Crippen molar-refractivity contribution in [2.45, 2.75) is 6.54 Å². The molecule has 6 nitrogen and oxygen atoms in total. The van der Waals surface area contributed by atoms with E-state index < -0.39 is 0 Å². The van der Waals surface area contributed by atoms with Crippen LogP contribution in [-0.2, 0) is 11.3 Å². The standard InChI is InChI=1S/C11H15N3O3/c1-13(8-9-3-2-6-17-9)4-5-14-10(15)7-12-11(14)16/h2-3,6H,4-5,7-8H2,1H3,(H,12,16). The van der Waals surface area contributed by atoms with Crippen molar-refractivity contribution in [3.63, 3.8) is 0 Å². The summed E-state index contributed by atoms with van der Waals surface area (Å²) >= 11 is 0. The zero-order chi connectivity index (χ0) is 12.3. The molecule has 1 aromatic heterocycles. The monoisotopic (exact) mass is 237 g/mol. The van der Waals surface area contributed by atoms with E-state index in [9.17, 15) is 9.59 Å². The highest BCUT2D eigenvalue weighted by molar-refractivity contribution is 6.01. The third-order valence-corrected chi connectivity index (χ3v) is 2.65. The minimum absolute atomic E-state index is 0.112. The van der Waals surface area contributed by atoms with Gasteiger partial charge in [0.25, 0.3) is 0 Å². The van der Waals surface area contributed by atoms with E-state index >= 15 is 0 Å². The Morgan fingerprint density at radius 1 is 1.53 bits per heavy atom. The molecule has 17 heavy (non-hydrogen) atoms. The summed E-state index contributed by atoms with van der Waals surface area (Å²) in [5, 5.41) is 2.49. The Kier molecular flexibility index (Phi) is 3.43. The van der Waals surface area contributed by atoms with E-state index in [4.69, 9.17) is 4.42 Å². The van der Waals surface area contributed by atoms with Gasteiger partial charge in [-0.3, -0.25) is 14.6 Å². The number of amides is 3. The van der Waals surface area contributed by atoms with Crippen molar-refractivity contribution < 1.29 is 14.0 Å². The van der Waals surface area contributed by atoms with Crippen LogP contribution in [0.2, 0.25) is 0 Å². The summed E-state index contributed by atoms with van der Waals surface area (Å²) < 4.78 is 5.22. The molecule has 1 aromatic rings. The SMILES string of the molecule is CN(CCN1C(=O)CNC1=O)Cc1ccco1. The van der Waals surface area contributed by atoms with E-state index in [-0.39, 0.29) is 18.5 Å². The van der Waals surface area contributed by atoms with Crippen LogP contribution in [0.15, 0.2) is 22.8 Å². The van der Waals surface area contributed by atoms with Gasteiger partial charge in [0.15, 0.2) is 0 Å². The first kappa shape index (κ1) is 11.7. The fourth-order valence-electron chi connectivity index (χ4n) is 1.70. The Bertz CT molecular complexity index is 386. The fourth-order valence-corrected chi connectivity index (χ4v) is 1.70. The molecular weight excluding hydrogens is 222 g/mol. The number of hydrogen-bond donors (Lipinski definition) is 1. The van der Waals surface area contributed by atoms with Gasteiger partial charge in [-0.2, -0.15) is 0 Å². The van der Waals surface area contributed by atoms with Gasteiger partial charge in [0.05, 0.1) is 19.4 Å². The maximum atomic E-state index is 11.3. The first-order valence-electron chi connectivity index (χ1n) is 5.46. The number of nitrogens with one attached hydrogen (secondary N) is 1. The Hall–Kier alpha value is -1.82. The second kappa shape index (κ2) is 5.01. The minimum Gasteiger partial charge on any atom is -0.468 e. The van der Waals surface area contributed by atoms with E-state index in [2.05, 4.69) is 5.32 Å². The molecule has 1 N–H and O–H groups in total. The second-order valence-electron chi connectivity index (χ2n) is 4.02. The highest BCUT2D eigenvalue weighted by atomic mass is 16.3. The summed E-state index contributed by atoms with van der Waals surface area (Å²) in [4.78, 5) is 25.8. The van der Waals surface area contributed by atoms with Crippen LogP contribution in [0.25, 0.3) is 0 Å². The van der Waals surface area contributed by atoms with E-state index in [1.807, 2.05) is 24.1 Å². The molecule has 0 radical (unpaired) electrons. The number of nitrogens with zero attached hydrogens (tertiary/aromatic N) is 2. The molecule has 0 spiro atoms. The quantitative estimate of drug-likeness (QED) is 0.746. The van der Waals surface area contributed by atoms with Gasteiger partial charge < -0.3 is 9.73 Å². The molecule has 92 valence electrons. The third-order valence-electron chi connectivity index (χ3n) is 2.65. The smallest absolute Gasteiger partial charge is 0.324 e. The van der Waals surface area contributed by atoms with Gasteiger partial charge >= 0.3 is 6.03 Å². The first-order chi connectivity index (χ1) is 8.16. The average molecular weight is 237 g/mol. The topological polar surface area (TPSA) is 65.8 Å². The van der Waals surface area contributed by atoms with Crippen LogP contribution in [0, 0.1) is 0 Å². The van der Waals surface area contributed by atoms with E-state index in [0.29, 0.717) is 19.6 Å². The van der Waals surface area contributed by atoms with Crippen molar-refractivity contribution in [1.29, 1.82) is 0 Å². The van der Waals surface area contributed by atoms with Crippen molar-refractivity contribution in [2.24, 2.45) is 0 Å². The molecule has 0 aromatic carbocycles. The molecular formula is C11H15N3O3. The number of urea groups is 1. The lowest BCUT2D eigenvalue weighted by Gasteiger charge is -2.18. The van der Waals surface area contributed by atoms with E-state index in [1.54, 1.807) is 6.26 Å². The molecule has 0 unspecified atom stereocenters. The molecule has 6 heteroatoms. The third kappa shape index (κ3) is 2.85. The largest absolute Gasteiger partial charge is 0.468 e. The van der Waals surface area contributed by atoms with E-state index in [1.165, 1.54) is 4.90 Å². The molecule has 3 amide bonds. The predicted molar refractivity (Wildman–Crippen MR) is 60.2 cm³/mol. The number of rotatable bonds is 5. The Labute approximate surface area is 99.2 Å². The van der Waals surface area contributed by atoms with Crippen LogP contribution in [0.4, 0.5) is 4.79 Å². The number of imide groups is 1. The lowest BCUT2D eigenvalue weighted by molar-refractivity contribution is -0.125. The molecule has 0 aliphatic carbocycles. The van der Waals surface area contributed by atoms with Gasteiger partial charge in [0.1, 0.15) is 5.76 Å². The molecule has 1 aliphatic heterocycles. The number of carbonyl (C=O) groups excluding carboxylic acids is 2. The molecule has 2 heterocycles. The van der Waals surface area contributed by atoms with Gasteiger partial charge in [0, 0.05) is 13.1 Å². The molecule has 1 fully saturated rings. The minimum atomic E-state index is -0.304. The molecule has 1 saturated heterocycles. The number of likely N-dealkylation sites (N-methyl/N-ethyl adjacent to an activating group) is 1. The van der Waals surface area contributed by atoms with Crippen LogP contribution in [0.3, 0.4) is 0 Å². The lowest BCUT2D eigenvalue weighted by Crippen LogP contribution is -2.37. The number of hydrogen-bond acceptors (Lipinski definition) is 4. The van der Waals surface area contributed by atoms with Gasteiger partial charge in [-0.15, -0.1) is 0 Å². The summed E-state index contributed by atoms with van der Waals surface area (Å²) in [5.74, 6) is 0.700. The molecule has 0 bridgehead atoms. The Balaban J connectivity index is 1.78. The number of furan rings is 1. The average Bonchev–Trinajstić information content (AvgIpc) is 2.88. The molecule has 2 rings (SSSR count). The van der Waals surface area contributed by atoms with Gasteiger partial charge in [-0.05, 0) is 19.2 Å². The normalized spacial score (nSPS) is 15.8. The maximum Gasteiger partial charge on any atom is 0.324 e.